The second-order valence-electron chi connectivity index (χ2n) is 13.7. The van der Waals surface area contributed by atoms with Crippen molar-refractivity contribution in [1.29, 1.82) is 0 Å². The fourth-order valence-electron chi connectivity index (χ4n) is 8.86. The summed E-state index contributed by atoms with van der Waals surface area (Å²) in [7, 11) is 0. The number of nitrogens with zero attached hydrogens (tertiary/aromatic N) is 1. The Kier molecular flexibility index (Phi) is 4.68. The summed E-state index contributed by atoms with van der Waals surface area (Å²) in [5, 5.41) is 11.5. The van der Waals surface area contributed by atoms with Gasteiger partial charge in [0, 0.05) is 27.1 Å². The van der Waals surface area contributed by atoms with Crippen LogP contribution in [0.1, 0.15) is 25.0 Å². The molecule has 0 amide bonds. The van der Waals surface area contributed by atoms with Gasteiger partial charge in [-0.15, -0.1) is 0 Å². The summed E-state index contributed by atoms with van der Waals surface area (Å²) in [5.74, 6) is 0. The average molecular weight is 600 g/mol. The zero-order valence-electron chi connectivity index (χ0n) is 26.1. The van der Waals surface area contributed by atoms with Crippen LogP contribution < -0.4 is 0 Å². The van der Waals surface area contributed by atoms with Gasteiger partial charge >= 0.3 is 0 Å². The van der Waals surface area contributed by atoms with Gasteiger partial charge < -0.3 is 8.98 Å². The minimum atomic E-state index is -0.168. The van der Waals surface area contributed by atoms with E-state index in [0.29, 0.717) is 0 Å². The summed E-state index contributed by atoms with van der Waals surface area (Å²) in [6, 6.07) is 51.3. The van der Waals surface area contributed by atoms with Crippen molar-refractivity contribution in [3.8, 4) is 28.1 Å². The number of hydrogen-bond donors (Lipinski definition) is 0. The van der Waals surface area contributed by atoms with Crippen molar-refractivity contribution in [1.82, 2.24) is 4.57 Å². The molecule has 0 saturated carbocycles. The molecule has 2 nitrogen and oxygen atoms in total. The zero-order chi connectivity index (χ0) is 31.0. The molecule has 0 radical (unpaired) electrons. The van der Waals surface area contributed by atoms with Gasteiger partial charge in [0.2, 0.25) is 0 Å². The Hall–Kier alpha value is -5.86. The molecule has 1 aliphatic rings. The van der Waals surface area contributed by atoms with Gasteiger partial charge in [-0.1, -0.05) is 129 Å². The first-order valence-electron chi connectivity index (χ1n) is 16.4. The van der Waals surface area contributed by atoms with Crippen molar-refractivity contribution < 1.29 is 4.42 Å². The summed E-state index contributed by atoms with van der Waals surface area (Å²) in [6.45, 7) is 4.76. The molecule has 11 rings (SSSR count). The van der Waals surface area contributed by atoms with Crippen molar-refractivity contribution in [3.05, 3.63) is 151 Å². The van der Waals surface area contributed by atoms with Crippen LogP contribution in [-0.4, -0.2) is 4.57 Å². The highest BCUT2D eigenvalue weighted by Crippen LogP contribution is 2.55. The maximum Gasteiger partial charge on any atom is 0.159 e. The molecule has 0 aliphatic heterocycles. The summed E-state index contributed by atoms with van der Waals surface area (Å²) < 4.78 is 9.10. The Morgan fingerprint density at radius 3 is 2.15 bits per heavy atom. The summed E-state index contributed by atoms with van der Waals surface area (Å²) in [6.07, 6.45) is 0. The molecule has 220 valence electrons. The van der Waals surface area contributed by atoms with E-state index in [0.717, 1.165) is 27.6 Å². The summed E-state index contributed by atoms with van der Waals surface area (Å²) in [5.41, 5.74) is 11.8. The number of fused-ring (bicyclic) bond motifs is 8. The largest absolute Gasteiger partial charge is 0.454 e. The van der Waals surface area contributed by atoms with E-state index in [-0.39, 0.29) is 5.41 Å². The number of para-hydroxylation sites is 2. The van der Waals surface area contributed by atoms with Crippen molar-refractivity contribution in [2.75, 3.05) is 0 Å². The third-order valence-electron chi connectivity index (χ3n) is 10.9. The first-order valence-corrected chi connectivity index (χ1v) is 16.4. The third-order valence-corrected chi connectivity index (χ3v) is 10.9. The molecular weight excluding hydrogens is 571 g/mol. The van der Waals surface area contributed by atoms with E-state index in [9.17, 15) is 0 Å². The second-order valence-corrected chi connectivity index (χ2v) is 13.7. The molecule has 2 aromatic heterocycles. The molecule has 8 aromatic carbocycles. The van der Waals surface area contributed by atoms with Crippen LogP contribution in [0.4, 0.5) is 0 Å². The van der Waals surface area contributed by atoms with Crippen LogP contribution in [0.25, 0.3) is 93.2 Å². The van der Waals surface area contributed by atoms with E-state index in [1.807, 2.05) is 6.07 Å². The molecule has 47 heavy (non-hydrogen) atoms. The number of aromatic nitrogens is 1. The van der Waals surface area contributed by atoms with E-state index in [4.69, 9.17) is 4.42 Å². The Labute approximate surface area is 271 Å². The Morgan fingerprint density at radius 2 is 1.26 bits per heavy atom. The van der Waals surface area contributed by atoms with E-state index in [1.165, 1.54) is 76.7 Å². The topological polar surface area (TPSA) is 18.1 Å². The minimum Gasteiger partial charge on any atom is -0.454 e. The van der Waals surface area contributed by atoms with Gasteiger partial charge in [0.05, 0.1) is 16.9 Å². The molecule has 0 fully saturated rings. The molecule has 2 heterocycles. The number of benzene rings is 8. The summed E-state index contributed by atoms with van der Waals surface area (Å²) in [4.78, 5) is 0. The molecule has 2 heteroatoms. The van der Waals surface area contributed by atoms with Crippen LogP contribution in [0.2, 0.25) is 0 Å². The van der Waals surface area contributed by atoms with Gasteiger partial charge in [-0.2, -0.15) is 0 Å². The first-order chi connectivity index (χ1) is 23.1. The van der Waals surface area contributed by atoms with Crippen molar-refractivity contribution in [2.24, 2.45) is 0 Å². The second kappa shape index (κ2) is 8.69. The van der Waals surface area contributed by atoms with Crippen LogP contribution in [0.5, 0.6) is 0 Å². The SMILES string of the molecule is CC1(C)c2ccccc2-c2c1c1cc(-c3ccc4ccc5cccc6ccc3c4c56)ccc1n2-c1cccc2c1oc1ccccc12. The standard InChI is InChI=1S/C45H29NO/c1-45(2)36-14-5-3-12-34(36)43-42(45)35-25-29(30-22-19-28-18-17-26-9-7-10-27-20-23-32(30)41(28)40(26)27)21-24-37(35)46(43)38-15-8-13-33-31-11-4-6-16-39(31)47-44(33)38/h3-25H,1-2H3. The lowest BCUT2D eigenvalue weighted by atomic mass is 9.81. The van der Waals surface area contributed by atoms with Crippen LogP contribution in [0.15, 0.2) is 144 Å². The van der Waals surface area contributed by atoms with E-state index in [1.54, 1.807) is 0 Å². The molecular formula is C45H29NO. The van der Waals surface area contributed by atoms with Gasteiger partial charge in [-0.25, -0.2) is 0 Å². The van der Waals surface area contributed by atoms with Crippen molar-refractivity contribution in [3.63, 3.8) is 0 Å². The normalized spacial score (nSPS) is 13.9. The molecule has 0 bridgehead atoms. The molecule has 0 N–H and O–H groups in total. The fourth-order valence-corrected chi connectivity index (χ4v) is 8.86. The quantitative estimate of drug-likeness (QED) is 0.181. The average Bonchev–Trinajstić information content (AvgIpc) is 3.74. The minimum absolute atomic E-state index is 0.168. The number of hydrogen-bond acceptors (Lipinski definition) is 1. The Balaban J connectivity index is 1.25. The van der Waals surface area contributed by atoms with Gasteiger partial charge in [0.25, 0.3) is 0 Å². The van der Waals surface area contributed by atoms with Gasteiger partial charge in [-0.3, -0.25) is 0 Å². The highest BCUT2D eigenvalue weighted by atomic mass is 16.3. The molecule has 0 spiro atoms. The van der Waals surface area contributed by atoms with Crippen LogP contribution in [0, 0.1) is 0 Å². The van der Waals surface area contributed by atoms with Crippen molar-refractivity contribution in [2.45, 2.75) is 19.3 Å². The third kappa shape index (κ3) is 3.15. The molecule has 10 aromatic rings. The van der Waals surface area contributed by atoms with E-state index in [2.05, 4.69) is 152 Å². The van der Waals surface area contributed by atoms with E-state index < -0.39 is 0 Å². The number of furan rings is 1. The lowest BCUT2D eigenvalue weighted by Gasteiger charge is -2.21. The molecule has 1 aliphatic carbocycles. The zero-order valence-corrected chi connectivity index (χ0v) is 26.1. The smallest absolute Gasteiger partial charge is 0.159 e. The van der Waals surface area contributed by atoms with E-state index >= 15 is 0 Å². The Morgan fingerprint density at radius 1 is 0.532 bits per heavy atom. The lowest BCUT2D eigenvalue weighted by molar-refractivity contribution is 0.663. The lowest BCUT2D eigenvalue weighted by Crippen LogP contribution is -2.14. The highest BCUT2D eigenvalue weighted by Gasteiger charge is 2.41. The highest BCUT2D eigenvalue weighted by molar-refractivity contribution is 6.25. The first kappa shape index (κ1) is 25.3. The maximum atomic E-state index is 6.63. The molecule has 0 unspecified atom stereocenters. The van der Waals surface area contributed by atoms with Gasteiger partial charge in [-0.05, 0) is 78.8 Å². The van der Waals surface area contributed by atoms with Crippen molar-refractivity contribution >= 4 is 65.2 Å². The maximum absolute atomic E-state index is 6.63. The predicted octanol–water partition coefficient (Wildman–Crippen LogP) is 12.4. The summed E-state index contributed by atoms with van der Waals surface area (Å²) >= 11 is 0. The molecule has 0 atom stereocenters. The Bertz CT molecular complexity index is 2920. The van der Waals surface area contributed by atoms with Crippen LogP contribution in [0.3, 0.4) is 0 Å². The van der Waals surface area contributed by atoms with Gasteiger partial charge in [0.15, 0.2) is 5.58 Å². The van der Waals surface area contributed by atoms with Gasteiger partial charge in [0.1, 0.15) is 5.58 Å². The number of rotatable bonds is 2. The molecule has 0 saturated heterocycles. The van der Waals surface area contributed by atoms with Crippen LogP contribution in [-0.2, 0) is 5.41 Å². The monoisotopic (exact) mass is 599 g/mol. The predicted molar refractivity (Wildman–Crippen MR) is 197 cm³/mol. The fraction of sp³-hybridized carbons (Fsp3) is 0.0667. The van der Waals surface area contributed by atoms with Crippen LogP contribution >= 0.6 is 0 Å².